The van der Waals surface area contributed by atoms with Crippen molar-refractivity contribution in [1.29, 1.82) is 0 Å². The second-order valence-corrected chi connectivity index (χ2v) is 6.82. The first-order chi connectivity index (χ1) is 11.3. The Bertz CT molecular complexity index is 622. The van der Waals surface area contributed by atoms with Crippen molar-refractivity contribution in [1.82, 2.24) is 9.88 Å². The molecule has 1 aromatic heterocycles. The number of nitrogens with zero attached hydrogens (tertiary/aromatic N) is 2. The van der Waals surface area contributed by atoms with Crippen molar-refractivity contribution < 1.29 is 24.2 Å². The number of aliphatic carboxylic acids is 1. The molecule has 1 saturated heterocycles. The molecule has 1 aliphatic rings. The van der Waals surface area contributed by atoms with Crippen molar-refractivity contribution in [2.24, 2.45) is 11.3 Å². The van der Waals surface area contributed by atoms with Crippen LogP contribution in [0.2, 0.25) is 0 Å². The summed E-state index contributed by atoms with van der Waals surface area (Å²) in [7, 11) is 0. The first kappa shape index (κ1) is 18.3. The molecule has 2 rings (SSSR count). The maximum absolute atomic E-state index is 13.3. The summed E-state index contributed by atoms with van der Waals surface area (Å²) in [5.74, 6) is -1.91. The zero-order valence-corrected chi connectivity index (χ0v) is 13.9. The number of carbonyl (C=O) groups excluding carboxylic acids is 1. The molecule has 0 bridgehead atoms. The third-order valence-corrected chi connectivity index (χ3v) is 4.62. The molecular formula is C17H23FN2O4. The van der Waals surface area contributed by atoms with E-state index < -0.39 is 29.2 Å². The van der Waals surface area contributed by atoms with E-state index in [2.05, 4.69) is 4.98 Å². The van der Waals surface area contributed by atoms with Crippen molar-refractivity contribution in [3.63, 3.8) is 0 Å². The number of carbonyl (C=O) groups is 2. The molecule has 0 aliphatic carbocycles. The molecule has 2 heterocycles. The third-order valence-electron chi connectivity index (χ3n) is 4.62. The molecule has 1 aromatic rings. The van der Waals surface area contributed by atoms with E-state index in [-0.39, 0.29) is 37.4 Å². The van der Waals surface area contributed by atoms with Gasteiger partial charge < -0.3 is 15.1 Å². The molecule has 2 N–H and O–H groups in total. The van der Waals surface area contributed by atoms with Gasteiger partial charge in [0, 0.05) is 19.3 Å². The lowest BCUT2D eigenvalue weighted by Gasteiger charge is -2.43. The second-order valence-electron chi connectivity index (χ2n) is 6.82. The SMILES string of the molecule is CC(C)CC[C@@]1(C(=O)O)CN(C(=O)c2cncc(F)c2)CC[C@@H]1O. The molecule has 24 heavy (non-hydrogen) atoms. The number of hydrogen-bond donors (Lipinski definition) is 2. The smallest absolute Gasteiger partial charge is 0.314 e. The Hall–Kier alpha value is -2.02. The molecule has 0 saturated carbocycles. The largest absolute Gasteiger partial charge is 0.481 e. The highest BCUT2D eigenvalue weighted by atomic mass is 19.1. The predicted octanol–water partition coefficient (Wildman–Crippen LogP) is 1.93. The number of amides is 1. The lowest BCUT2D eigenvalue weighted by molar-refractivity contribution is -0.163. The number of rotatable bonds is 5. The van der Waals surface area contributed by atoms with Crippen molar-refractivity contribution in [2.75, 3.05) is 13.1 Å². The standard InChI is InChI=1S/C17H23FN2O4/c1-11(2)3-5-17(16(23)24)10-20(6-4-14(17)21)15(22)12-7-13(18)9-19-8-12/h7-9,11,14,21H,3-6,10H2,1-2H3,(H,23,24)/t14-,17+/m0/s1. The Kier molecular flexibility index (Phi) is 5.54. The fourth-order valence-corrected chi connectivity index (χ4v) is 3.07. The van der Waals surface area contributed by atoms with Crippen molar-refractivity contribution >= 4 is 11.9 Å². The number of pyridine rings is 1. The van der Waals surface area contributed by atoms with Crippen LogP contribution in [0.25, 0.3) is 0 Å². The maximum atomic E-state index is 13.3. The molecule has 1 aliphatic heterocycles. The van der Waals surface area contributed by atoms with Gasteiger partial charge in [0.15, 0.2) is 0 Å². The summed E-state index contributed by atoms with van der Waals surface area (Å²) in [6.07, 6.45) is 2.34. The van der Waals surface area contributed by atoms with E-state index in [1.165, 1.54) is 11.1 Å². The van der Waals surface area contributed by atoms with E-state index in [0.717, 1.165) is 12.3 Å². The Morgan fingerprint density at radius 2 is 2.17 bits per heavy atom. The number of carboxylic acids is 1. The number of aliphatic hydroxyl groups is 1. The minimum absolute atomic E-state index is 0.0783. The van der Waals surface area contributed by atoms with Gasteiger partial charge in [-0.1, -0.05) is 13.8 Å². The van der Waals surface area contributed by atoms with Crippen LogP contribution in [0.15, 0.2) is 18.5 Å². The van der Waals surface area contributed by atoms with Crippen molar-refractivity contribution in [3.8, 4) is 0 Å². The second kappa shape index (κ2) is 7.25. The van der Waals surface area contributed by atoms with Crippen LogP contribution in [0.3, 0.4) is 0 Å². The van der Waals surface area contributed by atoms with E-state index in [4.69, 9.17) is 0 Å². The van der Waals surface area contributed by atoms with Crippen molar-refractivity contribution in [3.05, 3.63) is 29.8 Å². The molecule has 1 fully saturated rings. The fourth-order valence-electron chi connectivity index (χ4n) is 3.07. The summed E-state index contributed by atoms with van der Waals surface area (Å²) in [6.45, 7) is 4.09. The Morgan fingerprint density at radius 3 is 2.75 bits per heavy atom. The van der Waals surface area contributed by atoms with E-state index in [1.54, 1.807) is 0 Å². The van der Waals surface area contributed by atoms with Crippen molar-refractivity contribution in [2.45, 2.75) is 39.2 Å². The van der Waals surface area contributed by atoms with Crippen LogP contribution in [-0.4, -0.2) is 51.2 Å². The fraction of sp³-hybridized carbons (Fsp3) is 0.588. The monoisotopic (exact) mass is 338 g/mol. The van der Waals surface area contributed by atoms with Gasteiger partial charge in [-0.3, -0.25) is 14.6 Å². The van der Waals surface area contributed by atoms with Gasteiger partial charge >= 0.3 is 5.97 Å². The predicted molar refractivity (Wildman–Crippen MR) is 84.9 cm³/mol. The molecule has 6 nitrogen and oxygen atoms in total. The zero-order chi connectivity index (χ0) is 17.9. The molecule has 2 atom stereocenters. The van der Waals surface area contributed by atoms with E-state index in [1.807, 2.05) is 13.8 Å². The number of hydrogen-bond acceptors (Lipinski definition) is 4. The summed E-state index contributed by atoms with van der Waals surface area (Å²) < 4.78 is 13.3. The van der Waals surface area contributed by atoms with Crippen LogP contribution >= 0.6 is 0 Å². The van der Waals surface area contributed by atoms with E-state index in [0.29, 0.717) is 6.42 Å². The molecule has 0 aromatic carbocycles. The Balaban J connectivity index is 2.24. The number of aliphatic hydroxyl groups excluding tert-OH is 1. The van der Waals surface area contributed by atoms with Gasteiger partial charge in [0.2, 0.25) is 0 Å². The van der Waals surface area contributed by atoms with Gasteiger partial charge in [-0.05, 0) is 31.2 Å². The average molecular weight is 338 g/mol. The lowest BCUT2D eigenvalue weighted by atomic mass is 9.72. The van der Waals surface area contributed by atoms with E-state index >= 15 is 0 Å². The van der Waals surface area contributed by atoms with Crippen LogP contribution in [0.4, 0.5) is 4.39 Å². The lowest BCUT2D eigenvalue weighted by Crippen LogP contribution is -2.57. The summed E-state index contributed by atoms with van der Waals surface area (Å²) in [4.78, 5) is 29.5. The average Bonchev–Trinajstić information content (AvgIpc) is 2.53. The molecule has 7 heteroatoms. The number of likely N-dealkylation sites (tertiary alicyclic amines) is 1. The van der Waals surface area contributed by atoms with Gasteiger partial charge in [0.1, 0.15) is 11.2 Å². The molecular weight excluding hydrogens is 315 g/mol. The number of halogens is 1. The first-order valence-electron chi connectivity index (χ1n) is 8.07. The molecule has 0 unspecified atom stereocenters. The molecule has 0 spiro atoms. The van der Waals surface area contributed by atoms with Crippen LogP contribution < -0.4 is 0 Å². The Morgan fingerprint density at radius 1 is 1.46 bits per heavy atom. The first-order valence-corrected chi connectivity index (χ1v) is 8.07. The molecule has 0 radical (unpaired) electrons. The Labute approximate surface area is 140 Å². The summed E-state index contributed by atoms with van der Waals surface area (Å²) in [6, 6.07) is 1.08. The zero-order valence-electron chi connectivity index (χ0n) is 13.9. The minimum atomic E-state index is -1.39. The summed E-state index contributed by atoms with van der Waals surface area (Å²) >= 11 is 0. The number of aromatic nitrogens is 1. The quantitative estimate of drug-likeness (QED) is 0.856. The van der Waals surface area contributed by atoms with Crippen LogP contribution in [0.5, 0.6) is 0 Å². The highest BCUT2D eigenvalue weighted by molar-refractivity contribution is 5.94. The van der Waals surface area contributed by atoms with Gasteiger partial charge in [-0.2, -0.15) is 0 Å². The van der Waals surface area contributed by atoms with Gasteiger partial charge in [-0.15, -0.1) is 0 Å². The van der Waals surface area contributed by atoms with Gasteiger partial charge in [0.05, 0.1) is 17.9 Å². The molecule has 1 amide bonds. The highest BCUT2D eigenvalue weighted by Gasteiger charge is 2.49. The third kappa shape index (κ3) is 3.72. The minimum Gasteiger partial charge on any atom is -0.481 e. The van der Waals surface area contributed by atoms with Gasteiger partial charge in [0.25, 0.3) is 5.91 Å². The normalized spacial score (nSPS) is 24.2. The maximum Gasteiger partial charge on any atom is 0.314 e. The number of piperidine rings is 1. The van der Waals surface area contributed by atoms with Crippen LogP contribution in [0, 0.1) is 17.2 Å². The summed E-state index contributed by atoms with van der Waals surface area (Å²) in [5.41, 5.74) is -1.31. The van der Waals surface area contributed by atoms with Crippen LogP contribution in [-0.2, 0) is 4.79 Å². The van der Waals surface area contributed by atoms with Crippen LogP contribution in [0.1, 0.15) is 43.5 Å². The topological polar surface area (TPSA) is 90.7 Å². The van der Waals surface area contributed by atoms with Gasteiger partial charge in [-0.25, -0.2) is 4.39 Å². The molecule has 132 valence electrons. The number of carboxylic acid groups (broad SMARTS) is 1. The van der Waals surface area contributed by atoms with E-state index in [9.17, 15) is 24.2 Å². The highest BCUT2D eigenvalue weighted by Crippen LogP contribution is 2.37. The summed E-state index contributed by atoms with van der Waals surface area (Å²) in [5, 5.41) is 20.0.